The Hall–Kier alpha value is -2.00. The smallest absolute Gasteiger partial charge is 0.161 e. The van der Waals surface area contributed by atoms with E-state index in [1.165, 1.54) is 5.56 Å². The summed E-state index contributed by atoms with van der Waals surface area (Å²) in [5.41, 5.74) is 8.00. The highest BCUT2D eigenvalue weighted by molar-refractivity contribution is 5.44. The summed E-state index contributed by atoms with van der Waals surface area (Å²) < 4.78 is 11.3. The predicted molar refractivity (Wildman–Crippen MR) is 85.9 cm³/mol. The SMILES string of the molecule is COc1ccc(C(C)CCN)cc1OCc1ccccc1. The van der Waals surface area contributed by atoms with Crippen molar-refractivity contribution in [1.29, 1.82) is 0 Å². The van der Waals surface area contributed by atoms with Crippen LogP contribution in [-0.2, 0) is 6.61 Å². The van der Waals surface area contributed by atoms with Gasteiger partial charge in [-0.15, -0.1) is 0 Å². The van der Waals surface area contributed by atoms with Crippen molar-refractivity contribution in [2.75, 3.05) is 13.7 Å². The number of hydrogen-bond donors (Lipinski definition) is 1. The Kier molecular flexibility index (Phi) is 5.64. The molecule has 0 heterocycles. The number of hydrogen-bond acceptors (Lipinski definition) is 3. The lowest BCUT2D eigenvalue weighted by Crippen LogP contribution is -2.05. The van der Waals surface area contributed by atoms with Gasteiger partial charge in [-0.05, 0) is 42.1 Å². The molecular formula is C18H23NO2. The highest BCUT2D eigenvalue weighted by atomic mass is 16.5. The van der Waals surface area contributed by atoms with Gasteiger partial charge in [0.2, 0.25) is 0 Å². The van der Waals surface area contributed by atoms with Crippen molar-refractivity contribution in [3.05, 3.63) is 59.7 Å². The van der Waals surface area contributed by atoms with Crippen LogP contribution in [0.4, 0.5) is 0 Å². The summed E-state index contributed by atoms with van der Waals surface area (Å²) >= 11 is 0. The first-order chi connectivity index (χ1) is 10.2. The van der Waals surface area contributed by atoms with Crippen LogP contribution in [0, 0.1) is 0 Å². The molecule has 2 aromatic carbocycles. The highest BCUT2D eigenvalue weighted by Gasteiger charge is 2.10. The Morgan fingerprint density at radius 1 is 1.05 bits per heavy atom. The van der Waals surface area contributed by atoms with Gasteiger partial charge in [0.25, 0.3) is 0 Å². The van der Waals surface area contributed by atoms with Crippen LogP contribution < -0.4 is 15.2 Å². The van der Waals surface area contributed by atoms with Crippen molar-refractivity contribution < 1.29 is 9.47 Å². The Balaban J connectivity index is 2.14. The van der Waals surface area contributed by atoms with Crippen LogP contribution in [0.2, 0.25) is 0 Å². The molecule has 0 aromatic heterocycles. The maximum atomic E-state index is 5.93. The van der Waals surface area contributed by atoms with Crippen molar-refractivity contribution in [2.24, 2.45) is 5.73 Å². The Morgan fingerprint density at radius 3 is 2.48 bits per heavy atom. The van der Waals surface area contributed by atoms with Crippen LogP contribution in [0.1, 0.15) is 30.4 Å². The average molecular weight is 285 g/mol. The van der Waals surface area contributed by atoms with Gasteiger partial charge in [-0.1, -0.05) is 43.3 Å². The number of benzene rings is 2. The van der Waals surface area contributed by atoms with Crippen LogP contribution in [0.5, 0.6) is 11.5 Å². The van der Waals surface area contributed by atoms with Crippen LogP contribution in [-0.4, -0.2) is 13.7 Å². The molecule has 2 aromatic rings. The van der Waals surface area contributed by atoms with E-state index in [1.54, 1.807) is 7.11 Å². The van der Waals surface area contributed by atoms with Crippen molar-refractivity contribution in [3.8, 4) is 11.5 Å². The third-order valence-electron chi connectivity index (χ3n) is 3.59. The quantitative estimate of drug-likeness (QED) is 0.843. The van der Waals surface area contributed by atoms with Gasteiger partial charge < -0.3 is 15.2 Å². The predicted octanol–water partition coefficient (Wildman–Crippen LogP) is 3.73. The number of nitrogens with two attached hydrogens (primary N) is 1. The summed E-state index contributed by atoms with van der Waals surface area (Å²) in [6.45, 7) is 3.40. The number of methoxy groups -OCH3 is 1. The summed E-state index contributed by atoms with van der Waals surface area (Å²) in [5, 5.41) is 0. The molecule has 1 atom stereocenters. The molecule has 112 valence electrons. The molecule has 0 saturated carbocycles. The van der Waals surface area contributed by atoms with E-state index in [0.29, 0.717) is 19.1 Å². The van der Waals surface area contributed by atoms with Gasteiger partial charge in [-0.2, -0.15) is 0 Å². The largest absolute Gasteiger partial charge is 0.493 e. The molecule has 1 unspecified atom stereocenters. The molecule has 0 aliphatic rings. The van der Waals surface area contributed by atoms with Gasteiger partial charge in [0.1, 0.15) is 6.61 Å². The van der Waals surface area contributed by atoms with Gasteiger partial charge in [0.05, 0.1) is 7.11 Å². The molecule has 21 heavy (non-hydrogen) atoms. The second-order valence-electron chi connectivity index (χ2n) is 5.16. The van der Waals surface area contributed by atoms with E-state index in [0.717, 1.165) is 23.5 Å². The topological polar surface area (TPSA) is 44.5 Å². The van der Waals surface area contributed by atoms with Crippen LogP contribution >= 0.6 is 0 Å². The Morgan fingerprint density at radius 2 is 1.81 bits per heavy atom. The zero-order valence-corrected chi connectivity index (χ0v) is 12.7. The molecule has 3 heteroatoms. The van der Waals surface area contributed by atoms with Crippen LogP contribution in [0.15, 0.2) is 48.5 Å². The van der Waals surface area contributed by atoms with Gasteiger partial charge in [0, 0.05) is 0 Å². The fourth-order valence-corrected chi connectivity index (χ4v) is 2.26. The molecule has 0 bridgehead atoms. The maximum Gasteiger partial charge on any atom is 0.161 e. The summed E-state index contributed by atoms with van der Waals surface area (Å²) in [6.07, 6.45) is 0.963. The van der Waals surface area contributed by atoms with Crippen molar-refractivity contribution in [2.45, 2.75) is 25.9 Å². The third kappa shape index (κ3) is 4.23. The lowest BCUT2D eigenvalue weighted by Gasteiger charge is -2.15. The normalized spacial score (nSPS) is 12.0. The fraction of sp³-hybridized carbons (Fsp3) is 0.333. The van der Waals surface area contributed by atoms with E-state index in [9.17, 15) is 0 Å². The Bertz CT molecular complexity index is 554. The lowest BCUT2D eigenvalue weighted by molar-refractivity contribution is 0.284. The van der Waals surface area contributed by atoms with Gasteiger partial charge in [-0.25, -0.2) is 0 Å². The lowest BCUT2D eigenvalue weighted by atomic mass is 9.97. The molecule has 0 saturated heterocycles. The minimum absolute atomic E-state index is 0.417. The molecule has 0 aliphatic heterocycles. The first-order valence-electron chi connectivity index (χ1n) is 7.29. The first-order valence-corrected chi connectivity index (χ1v) is 7.29. The van der Waals surface area contributed by atoms with E-state index < -0.39 is 0 Å². The molecule has 3 nitrogen and oxygen atoms in total. The van der Waals surface area contributed by atoms with Crippen LogP contribution in [0.25, 0.3) is 0 Å². The molecule has 0 aliphatic carbocycles. The number of rotatable bonds is 7. The molecule has 0 radical (unpaired) electrons. The summed E-state index contributed by atoms with van der Waals surface area (Å²) in [5.74, 6) is 1.96. The van der Waals surface area contributed by atoms with Gasteiger partial charge >= 0.3 is 0 Å². The van der Waals surface area contributed by atoms with Crippen molar-refractivity contribution in [3.63, 3.8) is 0 Å². The zero-order valence-electron chi connectivity index (χ0n) is 12.7. The second-order valence-corrected chi connectivity index (χ2v) is 5.16. The second kappa shape index (κ2) is 7.70. The zero-order chi connectivity index (χ0) is 15.1. The third-order valence-corrected chi connectivity index (χ3v) is 3.59. The van der Waals surface area contributed by atoms with E-state index in [1.807, 2.05) is 36.4 Å². The first kappa shape index (κ1) is 15.4. The summed E-state index contributed by atoms with van der Waals surface area (Å²) in [6, 6.07) is 16.2. The molecule has 2 N–H and O–H groups in total. The van der Waals surface area contributed by atoms with E-state index >= 15 is 0 Å². The average Bonchev–Trinajstić information content (AvgIpc) is 2.54. The minimum Gasteiger partial charge on any atom is -0.493 e. The monoisotopic (exact) mass is 285 g/mol. The molecule has 0 spiro atoms. The maximum absolute atomic E-state index is 5.93. The summed E-state index contributed by atoms with van der Waals surface area (Å²) in [7, 11) is 1.66. The van der Waals surface area contributed by atoms with E-state index in [4.69, 9.17) is 15.2 Å². The van der Waals surface area contributed by atoms with Crippen molar-refractivity contribution >= 4 is 0 Å². The van der Waals surface area contributed by atoms with E-state index in [-0.39, 0.29) is 0 Å². The van der Waals surface area contributed by atoms with Crippen LogP contribution in [0.3, 0.4) is 0 Å². The van der Waals surface area contributed by atoms with E-state index in [2.05, 4.69) is 19.1 Å². The molecule has 2 rings (SSSR count). The molecule has 0 fully saturated rings. The van der Waals surface area contributed by atoms with Gasteiger partial charge in [0.15, 0.2) is 11.5 Å². The van der Waals surface area contributed by atoms with Crippen molar-refractivity contribution in [1.82, 2.24) is 0 Å². The fourth-order valence-electron chi connectivity index (χ4n) is 2.26. The summed E-state index contributed by atoms with van der Waals surface area (Å²) in [4.78, 5) is 0. The minimum atomic E-state index is 0.417. The standard InChI is InChI=1S/C18H23NO2/c1-14(10-11-19)16-8-9-17(20-2)18(12-16)21-13-15-6-4-3-5-7-15/h3-9,12,14H,10-11,13,19H2,1-2H3. The number of ether oxygens (including phenoxy) is 2. The molecule has 0 amide bonds. The highest BCUT2D eigenvalue weighted by Crippen LogP contribution is 2.32. The van der Waals surface area contributed by atoms with Gasteiger partial charge in [-0.3, -0.25) is 0 Å². The molecular weight excluding hydrogens is 262 g/mol. The Labute approximate surface area is 126 Å².